The van der Waals surface area contributed by atoms with Gasteiger partial charge in [0.15, 0.2) is 0 Å². The molecule has 5 heteroatoms. The molecule has 0 N–H and O–H groups in total. The quantitative estimate of drug-likeness (QED) is 0.118. The number of nitrogens with zero attached hydrogens (tertiary/aromatic N) is 3. The molecule has 0 saturated heterocycles. The number of hydrogen-bond donors (Lipinski definition) is 0. The SMILES string of the molecule is CC(C)(C)c1ccnc(-c2[c-]ccc(-c3c4c(cc5c3C(C)(C)CC5(C)C)C(C)(C)CC4(C)C)c2)c1.CC(C)c1cc(-c2ccccc2)cc(C(C)C)c1-n1c(-c2[c-]ccc3c2oc2cc4c(ccc5ccccc54)cc23)nc2ccccc21.[Ir]. The molecule has 12 aromatic rings. The van der Waals surface area contributed by atoms with E-state index in [4.69, 9.17) is 14.4 Å². The van der Waals surface area contributed by atoms with Crippen LogP contribution in [0.15, 0.2) is 174 Å². The second-order valence-electron chi connectivity index (χ2n) is 28.6. The smallest absolute Gasteiger partial charge is 0.121 e. The topological polar surface area (TPSA) is 43.9 Å². The second-order valence-corrected chi connectivity index (χ2v) is 28.6. The Morgan fingerprint density at radius 3 is 1.84 bits per heavy atom. The fourth-order valence-corrected chi connectivity index (χ4v) is 15.3. The molecule has 0 unspecified atom stereocenters. The predicted octanol–water partition coefficient (Wildman–Crippen LogP) is 22.0. The molecule has 431 valence electrons. The molecule has 4 nitrogen and oxygen atoms in total. The van der Waals surface area contributed by atoms with Gasteiger partial charge in [-0.1, -0.05) is 206 Å². The van der Waals surface area contributed by atoms with Gasteiger partial charge in [-0.3, -0.25) is 4.98 Å². The summed E-state index contributed by atoms with van der Waals surface area (Å²) < 4.78 is 9.20. The summed E-state index contributed by atoms with van der Waals surface area (Å²) in [7, 11) is 0. The van der Waals surface area contributed by atoms with Crippen molar-refractivity contribution >= 4 is 54.5 Å². The minimum Gasteiger partial charge on any atom is -0.501 e. The zero-order valence-corrected chi connectivity index (χ0v) is 54.7. The number of furan rings is 1. The Labute approximate surface area is 517 Å². The standard InChI is InChI=1S/C45H35N2O.C35H44N.Ir/c1-27(2)36-24-32(29-13-6-5-7-14-29)25-37(28(3)4)43(36)47-41-20-11-10-19-40(41)46-45(47)35-18-12-17-34-39-23-31-22-21-30-15-8-9-16-33(30)38(31)26-42(39)48-44(34)35;1-31(2,3)24-15-16-36-27(18-24)22-13-12-14-23(17-22)28-29-25(32(4,5)20-34(29,8)9)19-26-30(28)35(10,11)21-33(26,6)7;/h5-17,19-28H,1-4H3;12,14-19H,20-21H2,1-11H3;/q2*-1;. The first-order valence-corrected chi connectivity index (χ1v) is 30.5. The van der Waals surface area contributed by atoms with Crippen LogP contribution in [0.25, 0.3) is 105 Å². The van der Waals surface area contributed by atoms with Crippen LogP contribution in [0.1, 0.15) is 167 Å². The van der Waals surface area contributed by atoms with Gasteiger partial charge >= 0.3 is 0 Å². The van der Waals surface area contributed by atoms with Crippen molar-refractivity contribution < 1.29 is 24.5 Å². The number of benzene rings is 9. The van der Waals surface area contributed by atoms with E-state index in [-0.39, 0.29) is 59.0 Å². The molecule has 3 aromatic heterocycles. The van der Waals surface area contributed by atoms with Gasteiger partial charge in [-0.2, -0.15) is 0 Å². The summed E-state index contributed by atoms with van der Waals surface area (Å²) in [6.45, 7) is 35.5. The molecule has 0 atom stereocenters. The number of hydrogen-bond acceptors (Lipinski definition) is 3. The zero-order valence-electron chi connectivity index (χ0n) is 52.3. The number of imidazole rings is 1. The molecule has 1 radical (unpaired) electrons. The minimum absolute atomic E-state index is 0. The average molecular weight is 1290 g/mol. The van der Waals surface area contributed by atoms with Crippen LogP contribution in [0.3, 0.4) is 0 Å². The van der Waals surface area contributed by atoms with Crippen molar-refractivity contribution in [2.75, 3.05) is 0 Å². The summed E-state index contributed by atoms with van der Waals surface area (Å²) in [4.78, 5) is 10.1. The zero-order chi connectivity index (χ0) is 59.0. The van der Waals surface area contributed by atoms with E-state index in [1.165, 1.54) is 79.0 Å². The first kappa shape index (κ1) is 58.0. The van der Waals surface area contributed by atoms with Gasteiger partial charge in [-0.25, -0.2) is 0 Å². The Morgan fingerprint density at radius 2 is 1.16 bits per heavy atom. The van der Waals surface area contributed by atoms with Gasteiger partial charge in [0, 0.05) is 37.4 Å². The van der Waals surface area contributed by atoms with Crippen molar-refractivity contribution in [1.29, 1.82) is 0 Å². The van der Waals surface area contributed by atoms with E-state index in [1.54, 1.807) is 22.3 Å². The van der Waals surface area contributed by atoms with Gasteiger partial charge in [0.05, 0.1) is 22.4 Å². The van der Waals surface area contributed by atoms with E-state index in [2.05, 4.69) is 278 Å². The van der Waals surface area contributed by atoms with Gasteiger partial charge in [0.2, 0.25) is 0 Å². The largest absolute Gasteiger partial charge is 0.501 e. The maximum atomic E-state index is 6.83. The Morgan fingerprint density at radius 1 is 0.541 bits per heavy atom. The molecule has 85 heavy (non-hydrogen) atoms. The molecular formula is C80H79IrN3O-2. The van der Waals surface area contributed by atoms with Crippen LogP contribution in [-0.4, -0.2) is 14.5 Å². The molecule has 0 amide bonds. The summed E-state index contributed by atoms with van der Waals surface area (Å²) >= 11 is 0. The van der Waals surface area contributed by atoms with Crippen LogP contribution in [0.4, 0.5) is 0 Å². The van der Waals surface area contributed by atoms with Crippen LogP contribution in [0.2, 0.25) is 0 Å². The van der Waals surface area contributed by atoms with Crippen molar-refractivity contribution in [3.8, 4) is 50.6 Å². The number of fused-ring (bicyclic) bond motifs is 9. The third-order valence-corrected chi connectivity index (χ3v) is 18.7. The Bertz CT molecular complexity index is 4510. The molecule has 0 bridgehead atoms. The van der Waals surface area contributed by atoms with Crippen LogP contribution < -0.4 is 0 Å². The average Bonchev–Trinajstić information content (AvgIpc) is 1.58. The fourth-order valence-electron chi connectivity index (χ4n) is 15.3. The van der Waals surface area contributed by atoms with Crippen molar-refractivity contribution in [3.05, 3.63) is 221 Å². The summed E-state index contributed by atoms with van der Waals surface area (Å²) in [6, 6.07) is 66.3. The summed E-state index contributed by atoms with van der Waals surface area (Å²) in [5, 5.41) is 7.02. The van der Waals surface area contributed by atoms with Gasteiger partial charge < -0.3 is 14.0 Å². The van der Waals surface area contributed by atoms with Crippen molar-refractivity contribution in [1.82, 2.24) is 14.5 Å². The van der Waals surface area contributed by atoms with E-state index in [0.29, 0.717) is 0 Å². The predicted molar refractivity (Wildman–Crippen MR) is 355 cm³/mol. The minimum atomic E-state index is 0. The first-order chi connectivity index (χ1) is 39.9. The van der Waals surface area contributed by atoms with Crippen LogP contribution in [0.5, 0.6) is 0 Å². The monoisotopic (exact) mass is 1290 g/mol. The van der Waals surface area contributed by atoms with Crippen LogP contribution in [-0.2, 0) is 47.2 Å². The molecule has 0 aliphatic heterocycles. The van der Waals surface area contributed by atoms with Crippen molar-refractivity contribution in [2.45, 2.75) is 156 Å². The molecule has 2 aliphatic carbocycles. The summed E-state index contributed by atoms with van der Waals surface area (Å²) in [6.07, 6.45) is 4.30. The van der Waals surface area contributed by atoms with E-state index >= 15 is 0 Å². The third-order valence-electron chi connectivity index (χ3n) is 18.7. The van der Waals surface area contributed by atoms with E-state index < -0.39 is 0 Å². The molecule has 2 aliphatic rings. The van der Waals surface area contributed by atoms with Gasteiger partial charge in [-0.15, -0.1) is 53.6 Å². The third kappa shape index (κ3) is 9.88. The van der Waals surface area contributed by atoms with E-state index in [0.717, 1.165) is 55.6 Å². The molecule has 0 saturated carbocycles. The maximum Gasteiger partial charge on any atom is 0.121 e. The van der Waals surface area contributed by atoms with Crippen LogP contribution >= 0.6 is 0 Å². The molecule has 0 spiro atoms. The van der Waals surface area contributed by atoms with Crippen molar-refractivity contribution in [3.63, 3.8) is 0 Å². The first-order valence-electron chi connectivity index (χ1n) is 30.5. The summed E-state index contributed by atoms with van der Waals surface area (Å²) in [5.74, 6) is 1.40. The Balaban J connectivity index is 0.000000172. The van der Waals surface area contributed by atoms with E-state index in [1.807, 2.05) is 12.3 Å². The second kappa shape index (κ2) is 20.9. The molecule has 3 heterocycles. The van der Waals surface area contributed by atoms with Crippen LogP contribution in [0, 0.1) is 12.1 Å². The number of pyridine rings is 1. The molecule has 0 fully saturated rings. The normalized spacial score (nSPS) is 15.6. The molecule has 14 rings (SSSR count). The van der Waals surface area contributed by atoms with E-state index in [9.17, 15) is 0 Å². The summed E-state index contributed by atoms with van der Waals surface area (Å²) in [5.41, 5.74) is 23.9. The Hall–Kier alpha value is -7.43. The van der Waals surface area contributed by atoms with Crippen molar-refractivity contribution in [2.24, 2.45) is 0 Å². The number of para-hydroxylation sites is 2. The van der Waals surface area contributed by atoms with Gasteiger partial charge in [0.1, 0.15) is 5.58 Å². The Kier molecular flexibility index (Phi) is 14.3. The van der Waals surface area contributed by atoms with Gasteiger partial charge in [-0.05, 0) is 177 Å². The number of aromatic nitrogens is 3. The number of rotatable bonds is 7. The van der Waals surface area contributed by atoms with Gasteiger partial charge in [0.25, 0.3) is 0 Å². The molecule has 9 aromatic carbocycles. The maximum absolute atomic E-state index is 6.83. The fraction of sp³-hybridized carbons (Fsp3) is 0.300. The molecular weight excluding hydrogens is 1210 g/mol.